The van der Waals surface area contributed by atoms with Gasteiger partial charge in [0.2, 0.25) is 0 Å². The van der Waals surface area contributed by atoms with Gasteiger partial charge in [-0.3, -0.25) is 0 Å². The molecule has 0 bridgehead atoms. The summed E-state index contributed by atoms with van der Waals surface area (Å²) < 4.78 is 0.362. The minimum Gasteiger partial charge on any atom is -0.324 e. The molecule has 0 radical (unpaired) electrons. The first-order valence-electron chi connectivity index (χ1n) is 2.43. The third-order valence-electron chi connectivity index (χ3n) is 0.738. The van der Waals surface area contributed by atoms with Gasteiger partial charge in [-0.05, 0) is 5.21 Å². The molecule has 0 aliphatic rings. The standard InChI is InChI=1S/C4H4N4S2/c9-4(10)6-3-1-2-5-8-7-3/h1-2H,(H2,5,6,7,9,10). The summed E-state index contributed by atoms with van der Waals surface area (Å²) in [6.07, 6.45) is 1.52. The van der Waals surface area contributed by atoms with E-state index in [0.29, 0.717) is 10.1 Å². The Kier molecular flexibility index (Phi) is 2.52. The summed E-state index contributed by atoms with van der Waals surface area (Å²) in [5, 5.41) is 13.2. The zero-order chi connectivity index (χ0) is 7.40. The Balaban J connectivity index is 2.67. The molecule has 1 aromatic rings. The maximum absolute atomic E-state index is 4.64. The molecule has 0 saturated carbocycles. The van der Waals surface area contributed by atoms with Crippen molar-refractivity contribution in [3.8, 4) is 0 Å². The zero-order valence-corrected chi connectivity index (χ0v) is 6.56. The van der Waals surface area contributed by atoms with Crippen molar-refractivity contribution in [2.45, 2.75) is 0 Å². The van der Waals surface area contributed by atoms with Gasteiger partial charge in [-0.1, -0.05) is 12.2 Å². The van der Waals surface area contributed by atoms with Crippen LogP contribution in [-0.4, -0.2) is 19.7 Å². The second-order valence-corrected chi connectivity index (χ2v) is 2.59. The van der Waals surface area contributed by atoms with E-state index in [1.165, 1.54) is 6.20 Å². The van der Waals surface area contributed by atoms with Crippen LogP contribution in [0.4, 0.5) is 5.82 Å². The minimum atomic E-state index is 0.362. The summed E-state index contributed by atoms with van der Waals surface area (Å²) >= 11 is 8.48. The molecular weight excluding hydrogens is 168 g/mol. The van der Waals surface area contributed by atoms with Gasteiger partial charge in [0.1, 0.15) is 4.32 Å². The van der Waals surface area contributed by atoms with Gasteiger partial charge >= 0.3 is 0 Å². The first-order valence-corrected chi connectivity index (χ1v) is 3.29. The van der Waals surface area contributed by atoms with E-state index in [4.69, 9.17) is 0 Å². The molecule has 0 aromatic carbocycles. The summed E-state index contributed by atoms with van der Waals surface area (Å²) in [5.41, 5.74) is 0. The van der Waals surface area contributed by atoms with Gasteiger partial charge in [-0.15, -0.1) is 22.8 Å². The number of hydrogen-bond acceptors (Lipinski definition) is 4. The average Bonchev–Trinajstić information content (AvgIpc) is 1.88. The number of aromatic nitrogens is 3. The lowest BCUT2D eigenvalue weighted by Gasteiger charge is -1.96. The number of rotatable bonds is 1. The van der Waals surface area contributed by atoms with Crippen LogP contribution in [0.1, 0.15) is 0 Å². The Hall–Kier alpha value is -0.750. The maximum atomic E-state index is 4.64. The SMILES string of the molecule is S=C(S)Nc1ccnnn1. The van der Waals surface area contributed by atoms with E-state index in [-0.39, 0.29) is 0 Å². The molecule has 1 aromatic heterocycles. The molecule has 0 atom stereocenters. The van der Waals surface area contributed by atoms with Crippen LogP contribution in [0.5, 0.6) is 0 Å². The van der Waals surface area contributed by atoms with Crippen molar-refractivity contribution in [3.05, 3.63) is 12.3 Å². The van der Waals surface area contributed by atoms with Crippen LogP contribution < -0.4 is 5.32 Å². The summed E-state index contributed by atoms with van der Waals surface area (Å²) in [6.45, 7) is 0. The monoisotopic (exact) mass is 172 g/mol. The molecule has 1 heterocycles. The first-order chi connectivity index (χ1) is 4.79. The molecule has 0 aliphatic heterocycles. The summed E-state index contributed by atoms with van der Waals surface area (Å²) in [4.78, 5) is 0. The van der Waals surface area contributed by atoms with Crippen LogP contribution in [0.15, 0.2) is 12.3 Å². The van der Waals surface area contributed by atoms with Crippen LogP contribution in [-0.2, 0) is 0 Å². The average molecular weight is 172 g/mol. The molecule has 0 saturated heterocycles. The van der Waals surface area contributed by atoms with Crippen LogP contribution in [0.3, 0.4) is 0 Å². The van der Waals surface area contributed by atoms with Gasteiger partial charge in [0.05, 0.1) is 6.20 Å². The fraction of sp³-hybridized carbons (Fsp3) is 0. The van der Waals surface area contributed by atoms with Gasteiger partial charge in [0, 0.05) is 6.07 Å². The van der Waals surface area contributed by atoms with Gasteiger partial charge in [-0.25, -0.2) is 0 Å². The van der Waals surface area contributed by atoms with Crippen LogP contribution >= 0.6 is 24.8 Å². The first kappa shape index (κ1) is 7.36. The lowest BCUT2D eigenvalue weighted by atomic mass is 10.6. The molecule has 1 N–H and O–H groups in total. The molecule has 52 valence electrons. The normalized spacial score (nSPS) is 8.90. The van der Waals surface area contributed by atoms with Crippen molar-refractivity contribution in [2.24, 2.45) is 0 Å². The Morgan fingerprint density at radius 3 is 3.00 bits per heavy atom. The predicted octanol–water partition coefficient (Wildman–Crippen LogP) is 0.498. The number of nitrogens with zero attached hydrogens (tertiary/aromatic N) is 3. The second-order valence-electron chi connectivity index (χ2n) is 1.44. The zero-order valence-electron chi connectivity index (χ0n) is 4.85. The maximum Gasteiger partial charge on any atom is 0.157 e. The molecule has 0 fully saturated rings. The molecule has 4 nitrogen and oxygen atoms in total. The Labute approximate surface area is 68.5 Å². The van der Waals surface area contributed by atoms with E-state index in [0.717, 1.165) is 0 Å². The van der Waals surface area contributed by atoms with E-state index >= 15 is 0 Å². The minimum absolute atomic E-state index is 0.362. The van der Waals surface area contributed by atoms with Crippen LogP contribution in [0.25, 0.3) is 0 Å². The van der Waals surface area contributed by atoms with E-state index in [2.05, 4.69) is 45.6 Å². The smallest absolute Gasteiger partial charge is 0.157 e. The molecule has 1 rings (SSSR count). The summed E-state index contributed by atoms with van der Waals surface area (Å²) in [6, 6.07) is 1.65. The summed E-state index contributed by atoms with van der Waals surface area (Å²) in [5.74, 6) is 0.551. The van der Waals surface area contributed by atoms with Gasteiger partial charge < -0.3 is 5.32 Å². The fourth-order valence-electron chi connectivity index (χ4n) is 0.417. The number of nitrogens with one attached hydrogen (secondary N) is 1. The van der Waals surface area contributed by atoms with E-state index in [1.807, 2.05) is 0 Å². The van der Waals surface area contributed by atoms with Gasteiger partial charge in [-0.2, -0.15) is 0 Å². The molecule has 0 amide bonds. The molecule has 0 spiro atoms. The van der Waals surface area contributed by atoms with E-state index in [9.17, 15) is 0 Å². The fourth-order valence-corrected chi connectivity index (χ4v) is 0.636. The number of thiol groups is 1. The largest absolute Gasteiger partial charge is 0.324 e. The Morgan fingerprint density at radius 2 is 2.50 bits per heavy atom. The number of thiocarbonyl (C=S) groups is 1. The highest BCUT2D eigenvalue weighted by molar-refractivity contribution is 8.11. The Morgan fingerprint density at radius 1 is 1.70 bits per heavy atom. The Bertz CT molecular complexity index is 224. The topological polar surface area (TPSA) is 50.7 Å². The predicted molar refractivity (Wildman–Crippen MR) is 45.0 cm³/mol. The lowest BCUT2D eigenvalue weighted by Crippen LogP contribution is -2.03. The summed E-state index contributed by atoms with van der Waals surface area (Å²) in [7, 11) is 0. The molecule has 6 heteroatoms. The molecule has 0 unspecified atom stereocenters. The van der Waals surface area contributed by atoms with Crippen LogP contribution in [0, 0.1) is 0 Å². The van der Waals surface area contributed by atoms with Crippen molar-refractivity contribution in [2.75, 3.05) is 5.32 Å². The highest BCUT2D eigenvalue weighted by Gasteiger charge is 1.91. The quantitative estimate of drug-likeness (QED) is 0.477. The third kappa shape index (κ3) is 2.24. The highest BCUT2D eigenvalue weighted by atomic mass is 32.1. The molecule has 10 heavy (non-hydrogen) atoms. The molecular formula is C4H4N4S2. The molecule has 0 aliphatic carbocycles. The van der Waals surface area contributed by atoms with Crippen molar-refractivity contribution >= 4 is 35.0 Å². The van der Waals surface area contributed by atoms with E-state index < -0.39 is 0 Å². The number of anilines is 1. The van der Waals surface area contributed by atoms with Crippen LogP contribution in [0.2, 0.25) is 0 Å². The van der Waals surface area contributed by atoms with Crippen molar-refractivity contribution < 1.29 is 0 Å². The number of hydrogen-bond donors (Lipinski definition) is 2. The van der Waals surface area contributed by atoms with Crippen molar-refractivity contribution in [3.63, 3.8) is 0 Å². The third-order valence-corrected chi connectivity index (χ3v) is 0.952. The highest BCUT2D eigenvalue weighted by Crippen LogP contribution is 1.97. The van der Waals surface area contributed by atoms with Crippen molar-refractivity contribution in [1.29, 1.82) is 0 Å². The lowest BCUT2D eigenvalue weighted by molar-refractivity contribution is 0.872. The second kappa shape index (κ2) is 3.43. The van der Waals surface area contributed by atoms with Gasteiger partial charge in [0.15, 0.2) is 5.82 Å². The van der Waals surface area contributed by atoms with Crippen molar-refractivity contribution in [1.82, 2.24) is 15.4 Å². The van der Waals surface area contributed by atoms with E-state index in [1.54, 1.807) is 6.07 Å². The van der Waals surface area contributed by atoms with Gasteiger partial charge in [0.25, 0.3) is 0 Å².